The van der Waals surface area contributed by atoms with E-state index in [1.54, 1.807) is 24.3 Å². The lowest BCUT2D eigenvalue weighted by Gasteiger charge is -2.09. The molecule has 0 saturated carbocycles. The second kappa shape index (κ2) is 6.78. The highest BCUT2D eigenvalue weighted by atomic mass is 35.5. The molecular weight excluding hydrogens is 286 g/mol. The molecule has 2 rings (SSSR count). The number of aryl methyl sites for hydroxylation is 1. The Kier molecular flexibility index (Phi) is 4.81. The van der Waals surface area contributed by atoms with Gasteiger partial charge in [0.2, 0.25) is 0 Å². The number of nitriles is 1. The van der Waals surface area contributed by atoms with Crippen LogP contribution in [0.1, 0.15) is 16.7 Å². The Bertz CT molecular complexity index is 690. The molecule has 0 aliphatic carbocycles. The lowest BCUT2D eigenvalue weighted by Crippen LogP contribution is -2.28. The van der Waals surface area contributed by atoms with Gasteiger partial charge in [-0.1, -0.05) is 29.8 Å². The molecule has 2 N–H and O–H groups in total. The minimum atomic E-state index is -0.306. The third-order valence-corrected chi connectivity index (χ3v) is 3.37. The summed E-state index contributed by atoms with van der Waals surface area (Å²) >= 11 is 6.00. The number of nitrogens with one attached hydrogen (secondary N) is 2. The third kappa shape index (κ3) is 4.23. The Morgan fingerprint density at radius 3 is 2.57 bits per heavy atom. The highest BCUT2D eigenvalue weighted by molar-refractivity contribution is 6.31. The Morgan fingerprint density at radius 1 is 1.24 bits per heavy atom. The molecule has 0 radical (unpaired) electrons. The molecule has 0 aromatic heterocycles. The average Bonchev–Trinajstić information content (AvgIpc) is 2.49. The molecule has 4 nitrogen and oxygen atoms in total. The van der Waals surface area contributed by atoms with E-state index in [-0.39, 0.29) is 6.03 Å². The van der Waals surface area contributed by atoms with E-state index in [1.165, 1.54) is 0 Å². The van der Waals surface area contributed by atoms with Crippen LogP contribution in [0.3, 0.4) is 0 Å². The fourth-order valence-electron chi connectivity index (χ4n) is 1.73. The first-order chi connectivity index (χ1) is 10.1. The quantitative estimate of drug-likeness (QED) is 0.904. The molecular formula is C16H14ClN3O. The number of rotatable bonds is 3. The number of hydrogen-bond donors (Lipinski definition) is 2. The maximum atomic E-state index is 11.8. The number of urea groups is 1. The number of carbonyl (C=O) groups is 1. The van der Waals surface area contributed by atoms with Crippen LogP contribution in [0.2, 0.25) is 5.02 Å². The van der Waals surface area contributed by atoms with Crippen molar-refractivity contribution in [1.29, 1.82) is 5.26 Å². The molecule has 0 aliphatic rings. The number of amides is 2. The summed E-state index contributed by atoms with van der Waals surface area (Å²) in [5, 5.41) is 14.8. The van der Waals surface area contributed by atoms with Crippen molar-refractivity contribution < 1.29 is 4.79 Å². The normalized spacial score (nSPS) is 9.76. The fourth-order valence-corrected chi connectivity index (χ4v) is 1.91. The predicted octanol–water partition coefficient (Wildman–Crippen LogP) is 3.84. The summed E-state index contributed by atoms with van der Waals surface area (Å²) in [6.45, 7) is 2.29. The number of nitrogens with zero attached hydrogens (tertiary/aromatic N) is 1. The highest BCUT2D eigenvalue weighted by Gasteiger charge is 2.03. The van der Waals surface area contributed by atoms with E-state index < -0.39 is 0 Å². The van der Waals surface area contributed by atoms with Crippen LogP contribution in [-0.2, 0) is 6.54 Å². The van der Waals surface area contributed by atoms with Crippen LogP contribution >= 0.6 is 11.6 Å². The van der Waals surface area contributed by atoms with E-state index in [1.807, 2.05) is 31.2 Å². The van der Waals surface area contributed by atoms with Crippen molar-refractivity contribution in [3.05, 3.63) is 64.2 Å². The van der Waals surface area contributed by atoms with Gasteiger partial charge in [0.15, 0.2) is 0 Å². The van der Waals surface area contributed by atoms with Gasteiger partial charge in [-0.05, 0) is 42.3 Å². The van der Waals surface area contributed by atoms with Crippen molar-refractivity contribution in [2.75, 3.05) is 5.32 Å². The summed E-state index contributed by atoms with van der Waals surface area (Å²) in [6, 6.07) is 14.1. The molecule has 5 heteroatoms. The summed E-state index contributed by atoms with van der Waals surface area (Å²) in [4.78, 5) is 11.8. The highest BCUT2D eigenvalue weighted by Crippen LogP contribution is 2.19. The minimum Gasteiger partial charge on any atom is -0.334 e. The molecule has 0 unspecified atom stereocenters. The van der Waals surface area contributed by atoms with Crippen molar-refractivity contribution >= 4 is 23.3 Å². The van der Waals surface area contributed by atoms with Crippen LogP contribution in [0.4, 0.5) is 10.5 Å². The number of hydrogen-bond acceptors (Lipinski definition) is 2. The second-order valence-corrected chi connectivity index (χ2v) is 4.99. The lowest BCUT2D eigenvalue weighted by molar-refractivity contribution is 0.251. The zero-order chi connectivity index (χ0) is 15.2. The zero-order valence-electron chi connectivity index (χ0n) is 11.5. The molecule has 2 amide bonds. The molecule has 106 valence electrons. The molecule has 2 aromatic rings. The van der Waals surface area contributed by atoms with Crippen LogP contribution < -0.4 is 10.6 Å². The SMILES string of the molecule is Cc1ccc(NC(=O)NCc2ccc(C#N)cc2)cc1Cl. The van der Waals surface area contributed by atoms with Gasteiger partial charge in [-0.15, -0.1) is 0 Å². The van der Waals surface area contributed by atoms with E-state index in [4.69, 9.17) is 16.9 Å². The minimum absolute atomic E-state index is 0.306. The van der Waals surface area contributed by atoms with Crippen molar-refractivity contribution in [3.8, 4) is 6.07 Å². The van der Waals surface area contributed by atoms with Gasteiger partial charge < -0.3 is 10.6 Å². The van der Waals surface area contributed by atoms with E-state index in [9.17, 15) is 4.79 Å². The second-order valence-electron chi connectivity index (χ2n) is 4.58. The smallest absolute Gasteiger partial charge is 0.319 e. The van der Waals surface area contributed by atoms with Crippen LogP contribution in [0, 0.1) is 18.3 Å². The number of carbonyl (C=O) groups excluding carboxylic acids is 1. The fraction of sp³-hybridized carbons (Fsp3) is 0.125. The topological polar surface area (TPSA) is 64.9 Å². The van der Waals surface area contributed by atoms with Crippen molar-refractivity contribution in [3.63, 3.8) is 0 Å². The first-order valence-corrected chi connectivity index (χ1v) is 6.76. The molecule has 0 spiro atoms. The maximum absolute atomic E-state index is 11.8. The largest absolute Gasteiger partial charge is 0.334 e. The lowest BCUT2D eigenvalue weighted by atomic mass is 10.1. The van der Waals surface area contributed by atoms with Crippen molar-refractivity contribution in [2.45, 2.75) is 13.5 Å². The molecule has 0 atom stereocenters. The maximum Gasteiger partial charge on any atom is 0.319 e. The number of anilines is 1. The number of benzene rings is 2. The Hall–Kier alpha value is -2.51. The molecule has 0 fully saturated rings. The van der Waals surface area contributed by atoms with Gasteiger partial charge in [-0.25, -0.2) is 4.79 Å². The van der Waals surface area contributed by atoms with E-state index in [0.29, 0.717) is 22.8 Å². The molecule has 0 bridgehead atoms. The predicted molar refractivity (Wildman–Crippen MR) is 83.2 cm³/mol. The molecule has 2 aromatic carbocycles. The van der Waals surface area contributed by atoms with Gasteiger partial charge in [0.25, 0.3) is 0 Å². The average molecular weight is 300 g/mol. The van der Waals surface area contributed by atoms with E-state index in [2.05, 4.69) is 10.6 Å². The summed E-state index contributed by atoms with van der Waals surface area (Å²) < 4.78 is 0. The molecule has 0 heterocycles. The van der Waals surface area contributed by atoms with Gasteiger partial charge in [-0.3, -0.25) is 0 Å². The molecule has 21 heavy (non-hydrogen) atoms. The zero-order valence-corrected chi connectivity index (χ0v) is 12.2. The Morgan fingerprint density at radius 2 is 1.95 bits per heavy atom. The van der Waals surface area contributed by atoms with Gasteiger partial charge in [0.1, 0.15) is 0 Å². The van der Waals surface area contributed by atoms with Crippen molar-refractivity contribution in [2.24, 2.45) is 0 Å². The summed E-state index contributed by atoms with van der Waals surface area (Å²) in [7, 11) is 0. The van der Waals surface area contributed by atoms with E-state index in [0.717, 1.165) is 11.1 Å². The van der Waals surface area contributed by atoms with Gasteiger partial charge in [0.05, 0.1) is 11.6 Å². The Labute approximate surface area is 128 Å². The third-order valence-electron chi connectivity index (χ3n) is 2.97. The van der Waals surface area contributed by atoms with Gasteiger partial charge in [0, 0.05) is 17.3 Å². The first-order valence-electron chi connectivity index (χ1n) is 6.38. The van der Waals surface area contributed by atoms with Crippen LogP contribution in [0.15, 0.2) is 42.5 Å². The monoisotopic (exact) mass is 299 g/mol. The van der Waals surface area contributed by atoms with Crippen LogP contribution in [0.5, 0.6) is 0 Å². The first kappa shape index (κ1) is 14.9. The summed E-state index contributed by atoms with van der Waals surface area (Å²) in [6.07, 6.45) is 0. The van der Waals surface area contributed by atoms with Gasteiger partial charge in [-0.2, -0.15) is 5.26 Å². The number of halogens is 1. The molecule has 0 saturated heterocycles. The summed E-state index contributed by atoms with van der Waals surface area (Å²) in [5.74, 6) is 0. The van der Waals surface area contributed by atoms with Crippen molar-refractivity contribution in [1.82, 2.24) is 5.32 Å². The standard InChI is InChI=1S/C16H14ClN3O/c1-11-2-7-14(8-15(11)17)20-16(21)19-10-13-5-3-12(9-18)4-6-13/h2-8H,10H2,1H3,(H2,19,20,21). The van der Waals surface area contributed by atoms with Crippen LogP contribution in [-0.4, -0.2) is 6.03 Å². The Balaban J connectivity index is 1.89. The molecule has 0 aliphatic heterocycles. The van der Waals surface area contributed by atoms with Gasteiger partial charge >= 0.3 is 6.03 Å². The summed E-state index contributed by atoms with van der Waals surface area (Å²) in [5.41, 5.74) is 3.12. The van der Waals surface area contributed by atoms with Crippen LogP contribution in [0.25, 0.3) is 0 Å². The van der Waals surface area contributed by atoms with E-state index >= 15 is 0 Å².